The molecular formula is C53H33N3O2S. The number of benzene rings is 8. The molecule has 0 saturated carbocycles. The Kier molecular flexibility index (Phi) is 7.46. The Morgan fingerprint density at radius 2 is 1.12 bits per heavy atom. The highest BCUT2D eigenvalue weighted by Crippen LogP contribution is 2.43. The Morgan fingerprint density at radius 3 is 2.00 bits per heavy atom. The Balaban J connectivity index is 1.06. The van der Waals surface area contributed by atoms with E-state index in [1.807, 2.05) is 47.7 Å². The maximum absolute atomic E-state index is 6.78. The molecule has 4 aromatic heterocycles. The topological polar surface area (TPSA) is 65.0 Å². The predicted octanol–water partition coefficient (Wildman–Crippen LogP) is 15.2. The zero-order chi connectivity index (χ0) is 39.2. The SMILES string of the molecule is C/C=C\c1c(C)sc2cc(-c3cccc4c3oc3cccc(-c5nc(-c6ccc7c(ccc8ccccc87)c6)nc(-c6ccc7c(c6)oc6ccccc67)n5)c34)ccc12. The van der Waals surface area contributed by atoms with Crippen molar-refractivity contribution in [3.63, 3.8) is 0 Å². The van der Waals surface area contributed by atoms with Gasteiger partial charge in [0.15, 0.2) is 17.5 Å². The lowest BCUT2D eigenvalue weighted by molar-refractivity contribution is 0.669. The number of rotatable bonds is 5. The second-order valence-corrected chi connectivity index (χ2v) is 16.3. The first-order valence-electron chi connectivity index (χ1n) is 19.8. The molecule has 0 radical (unpaired) electrons. The Labute approximate surface area is 342 Å². The van der Waals surface area contributed by atoms with Gasteiger partial charge >= 0.3 is 0 Å². The molecule has 278 valence electrons. The highest BCUT2D eigenvalue weighted by Gasteiger charge is 2.21. The minimum Gasteiger partial charge on any atom is -0.456 e. The Morgan fingerprint density at radius 1 is 0.475 bits per heavy atom. The van der Waals surface area contributed by atoms with Gasteiger partial charge in [-0.1, -0.05) is 127 Å². The van der Waals surface area contributed by atoms with E-state index in [4.69, 9.17) is 23.8 Å². The number of thiophene rings is 1. The lowest BCUT2D eigenvalue weighted by atomic mass is 9.99. The van der Waals surface area contributed by atoms with Gasteiger partial charge in [-0.05, 0) is 88.3 Å². The van der Waals surface area contributed by atoms with Crippen molar-refractivity contribution in [2.45, 2.75) is 13.8 Å². The lowest BCUT2D eigenvalue weighted by Gasteiger charge is -2.10. The molecule has 59 heavy (non-hydrogen) atoms. The maximum Gasteiger partial charge on any atom is 0.164 e. The summed E-state index contributed by atoms with van der Waals surface area (Å²) in [5.74, 6) is 1.72. The first-order valence-corrected chi connectivity index (χ1v) is 20.6. The van der Waals surface area contributed by atoms with Crippen LogP contribution in [0.25, 0.3) is 127 Å². The van der Waals surface area contributed by atoms with E-state index < -0.39 is 0 Å². The van der Waals surface area contributed by atoms with Crippen LogP contribution in [-0.2, 0) is 0 Å². The number of allylic oxidation sites excluding steroid dienone is 1. The number of aromatic nitrogens is 3. The van der Waals surface area contributed by atoms with Gasteiger partial charge < -0.3 is 8.83 Å². The van der Waals surface area contributed by atoms with Gasteiger partial charge in [0.05, 0.1) is 0 Å². The second-order valence-electron chi connectivity index (χ2n) is 15.1. The van der Waals surface area contributed by atoms with Crippen molar-refractivity contribution in [3.05, 3.63) is 168 Å². The van der Waals surface area contributed by atoms with Crippen molar-refractivity contribution < 1.29 is 8.83 Å². The van der Waals surface area contributed by atoms with Gasteiger partial charge in [0.2, 0.25) is 0 Å². The zero-order valence-corrected chi connectivity index (χ0v) is 33.0. The number of para-hydroxylation sites is 2. The van der Waals surface area contributed by atoms with Crippen LogP contribution >= 0.6 is 11.3 Å². The number of hydrogen-bond donors (Lipinski definition) is 0. The molecular weight excluding hydrogens is 743 g/mol. The molecule has 0 aliphatic rings. The third-order valence-corrected chi connectivity index (χ3v) is 12.7. The molecule has 6 heteroatoms. The van der Waals surface area contributed by atoms with E-state index in [-0.39, 0.29) is 0 Å². The van der Waals surface area contributed by atoms with Crippen LogP contribution in [0.2, 0.25) is 0 Å². The van der Waals surface area contributed by atoms with Crippen LogP contribution < -0.4 is 0 Å². The van der Waals surface area contributed by atoms with E-state index >= 15 is 0 Å². The number of aryl methyl sites for hydroxylation is 1. The summed E-state index contributed by atoms with van der Waals surface area (Å²) in [7, 11) is 0. The maximum atomic E-state index is 6.78. The van der Waals surface area contributed by atoms with Gasteiger partial charge in [0, 0.05) is 53.4 Å². The summed E-state index contributed by atoms with van der Waals surface area (Å²) in [6.45, 7) is 4.26. The van der Waals surface area contributed by atoms with Crippen LogP contribution in [-0.4, -0.2) is 15.0 Å². The zero-order valence-electron chi connectivity index (χ0n) is 32.2. The van der Waals surface area contributed by atoms with Crippen molar-refractivity contribution in [2.75, 3.05) is 0 Å². The van der Waals surface area contributed by atoms with E-state index in [1.165, 1.54) is 36.7 Å². The van der Waals surface area contributed by atoms with E-state index in [0.29, 0.717) is 17.5 Å². The summed E-state index contributed by atoms with van der Waals surface area (Å²) in [5, 5.41) is 10.1. The van der Waals surface area contributed by atoms with Crippen molar-refractivity contribution in [1.82, 2.24) is 15.0 Å². The van der Waals surface area contributed by atoms with Gasteiger partial charge in [-0.25, -0.2) is 15.0 Å². The second kappa shape index (κ2) is 13.1. The molecule has 0 unspecified atom stereocenters. The summed E-state index contributed by atoms with van der Waals surface area (Å²) in [6, 6.07) is 52.9. The van der Waals surface area contributed by atoms with Crippen LogP contribution in [0, 0.1) is 6.92 Å². The smallest absolute Gasteiger partial charge is 0.164 e. The van der Waals surface area contributed by atoms with E-state index in [2.05, 4.69) is 141 Å². The van der Waals surface area contributed by atoms with E-state index in [9.17, 15) is 0 Å². The van der Waals surface area contributed by atoms with Crippen LogP contribution in [0.3, 0.4) is 0 Å². The standard InChI is InChI=1S/C53H33N3O2S/c1-3-10-36-30(2)59-48-29-33(21-26-42(36)48)39-14-8-15-43-49-44(16-9-18-46(49)58-50(39)43)53-55-51(34-22-24-38-32(27-34)20-19-31-11-4-5-12-37(31)38)54-52(56-53)35-23-25-41-40-13-6-7-17-45(40)57-47(41)28-35/h3-29H,1-2H3/b10-3-. The summed E-state index contributed by atoms with van der Waals surface area (Å²) in [4.78, 5) is 17.0. The van der Waals surface area contributed by atoms with Crippen LogP contribution in [0.5, 0.6) is 0 Å². The van der Waals surface area contributed by atoms with Crippen LogP contribution in [0.15, 0.2) is 167 Å². The van der Waals surface area contributed by atoms with E-state index in [1.54, 1.807) is 0 Å². The average Bonchev–Trinajstić information content (AvgIpc) is 3.96. The Bertz CT molecular complexity index is 3720. The molecule has 0 aliphatic heterocycles. The normalized spacial score (nSPS) is 12.2. The third kappa shape index (κ3) is 5.34. The van der Waals surface area contributed by atoms with Crippen molar-refractivity contribution in [3.8, 4) is 45.3 Å². The fourth-order valence-corrected chi connectivity index (χ4v) is 9.91. The van der Waals surface area contributed by atoms with E-state index in [0.717, 1.165) is 77.1 Å². The molecule has 0 aliphatic carbocycles. The molecule has 8 aromatic carbocycles. The number of fused-ring (bicyclic) bond motifs is 10. The fourth-order valence-electron chi connectivity index (χ4n) is 8.81. The van der Waals surface area contributed by atoms with Crippen molar-refractivity contribution in [1.29, 1.82) is 0 Å². The lowest BCUT2D eigenvalue weighted by Crippen LogP contribution is -2.00. The summed E-state index contributed by atoms with van der Waals surface area (Å²) in [6.07, 6.45) is 4.31. The average molecular weight is 776 g/mol. The van der Waals surface area contributed by atoms with Gasteiger partial charge in [0.1, 0.15) is 22.3 Å². The van der Waals surface area contributed by atoms with Gasteiger partial charge in [-0.2, -0.15) is 0 Å². The van der Waals surface area contributed by atoms with Crippen LogP contribution in [0.1, 0.15) is 17.4 Å². The predicted molar refractivity (Wildman–Crippen MR) is 246 cm³/mol. The molecule has 0 bridgehead atoms. The molecule has 5 nitrogen and oxygen atoms in total. The number of nitrogens with zero attached hydrogens (tertiary/aromatic N) is 3. The molecule has 0 atom stereocenters. The first-order chi connectivity index (χ1) is 29.1. The van der Waals surface area contributed by atoms with Crippen LogP contribution in [0.4, 0.5) is 0 Å². The number of furan rings is 2. The highest BCUT2D eigenvalue weighted by molar-refractivity contribution is 7.19. The van der Waals surface area contributed by atoms with Crippen molar-refractivity contribution in [2.24, 2.45) is 0 Å². The molecule has 0 N–H and O–H groups in total. The fraction of sp³-hybridized carbons (Fsp3) is 0.0377. The summed E-state index contributed by atoms with van der Waals surface area (Å²) in [5.41, 5.74) is 9.33. The molecule has 0 spiro atoms. The third-order valence-electron chi connectivity index (χ3n) is 11.6. The molecule has 12 rings (SSSR count). The monoisotopic (exact) mass is 775 g/mol. The summed E-state index contributed by atoms with van der Waals surface area (Å²) < 4.78 is 14.4. The Hall–Kier alpha value is -7.41. The molecule has 12 aromatic rings. The quantitative estimate of drug-likeness (QED) is 0.163. The van der Waals surface area contributed by atoms with Crippen molar-refractivity contribution >= 4 is 92.9 Å². The largest absolute Gasteiger partial charge is 0.456 e. The molecule has 4 heterocycles. The summed E-state index contributed by atoms with van der Waals surface area (Å²) >= 11 is 1.83. The molecule has 0 saturated heterocycles. The van der Waals surface area contributed by atoms with Gasteiger partial charge in [-0.3, -0.25) is 0 Å². The van der Waals surface area contributed by atoms with Gasteiger partial charge in [-0.15, -0.1) is 11.3 Å². The molecule has 0 amide bonds. The first kappa shape index (κ1) is 33.7. The highest BCUT2D eigenvalue weighted by atomic mass is 32.1. The molecule has 0 fully saturated rings. The minimum atomic E-state index is 0.563. The van der Waals surface area contributed by atoms with Gasteiger partial charge in [0.25, 0.3) is 0 Å². The minimum absolute atomic E-state index is 0.563. The number of hydrogen-bond acceptors (Lipinski definition) is 6.